The van der Waals surface area contributed by atoms with Crippen molar-refractivity contribution in [3.05, 3.63) is 17.4 Å². The average molecular weight is 275 g/mol. The molecule has 9 heteroatoms. The third-order valence-electron chi connectivity index (χ3n) is 2.27. The number of nitrogens with one attached hydrogen (secondary N) is 1. The molecule has 94 valence electrons. The van der Waals surface area contributed by atoms with E-state index < -0.39 is 10.2 Å². The molecule has 0 saturated carbocycles. The topological polar surface area (TPSA) is 79.6 Å². The lowest BCUT2D eigenvalue weighted by molar-refractivity contribution is 0.505. The normalized spacial score (nSPS) is 12.6. The fraction of sp³-hybridized carbons (Fsp3) is 0.500. The monoisotopic (exact) mass is 275 g/mol. The average Bonchev–Trinajstić information content (AvgIpc) is 2.81. The Morgan fingerprint density at radius 1 is 1.53 bits per heavy atom. The number of nitrogens with zero attached hydrogens (tertiary/aromatic N) is 4. The maximum atomic E-state index is 11.5. The number of aromatic nitrogens is 3. The first-order chi connectivity index (χ1) is 8.00. The van der Waals surface area contributed by atoms with E-state index in [4.69, 9.17) is 0 Å². The molecule has 1 N–H and O–H groups in total. The molecule has 2 aromatic rings. The van der Waals surface area contributed by atoms with Gasteiger partial charge in [0.05, 0.1) is 0 Å². The van der Waals surface area contributed by atoms with E-state index in [2.05, 4.69) is 14.9 Å². The Hall–Kier alpha value is -1.03. The van der Waals surface area contributed by atoms with Gasteiger partial charge in [-0.05, 0) is 0 Å². The Labute approximate surface area is 103 Å². The molecule has 0 aromatic carbocycles. The van der Waals surface area contributed by atoms with Crippen molar-refractivity contribution in [3.63, 3.8) is 0 Å². The van der Waals surface area contributed by atoms with Crippen LogP contribution in [0, 0.1) is 0 Å². The van der Waals surface area contributed by atoms with Gasteiger partial charge in [0.15, 0.2) is 0 Å². The van der Waals surface area contributed by atoms with Crippen molar-refractivity contribution < 1.29 is 8.42 Å². The highest BCUT2D eigenvalue weighted by atomic mass is 32.2. The van der Waals surface area contributed by atoms with Gasteiger partial charge in [0.2, 0.25) is 4.96 Å². The first-order valence-corrected chi connectivity index (χ1v) is 7.26. The molecule has 2 heterocycles. The maximum absolute atomic E-state index is 11.5. The van der Waals surface area contributed by atoms with E-state index in [0.29, 0.717) is 13.0 Å². The van der Waals surface area contributed by atoms with Gasteiger partial charge in [-0.3, -0.25) is 4.40 Å². The molecule has 0 unspecified atom stereocenters. The SMILES string of the molecule is CN(C)S(=O)(=O)NCCc1csc2nncn12. The molecule has 7 nitrogen and oxygen atoms in total. The Bertz CT molecular complexity index is 600. The first-order valence-electron chi connectivity index (χ1n) is 4.94. The molecule has 0 spiro atoms. The molecule has 0 bridgehead atoms. The lowest BCUT2D eigenvalue weighted by Crippen LogP contribution is -2.36. The van der Waals surface area contributed by atoms with Gasteiger partial charge in [-0.1, -0.05) is 0 Å². The molecular formula is C8H13N5O2S2. The van der Waals surface area contributed by atoms with Crippen LogP contribution in [0.4, 0.5) is 0 Å². The summed E-state index contributed by atoms with van der Waals surface area (Å²) in [7, 11) is -0.363. The van der Waals surface area contributed by atoms with Gasteiger partial charge in [0.25, 0.3) is 10.2 Å². The van der Waals surface area contributed by atoms with Gasteiger partial charge in [0.1, 0.15) is 6.33 Å². The fourth-order valence-corrected chi connectivity index (χ4v) is 2.76. The lowest BCUT2D eigenvalue weighted by atomic mass is 10.3. The van der Waals surface area contributed by atoms with Gasteiger partial charge < -0.3 is 0 Å². The molecule has 0 aliphatic carbocycles. The van der Waals surface area contributed by atoms with E-state index in [9.17, 15) is 8.42 Å². The summed E-state index contributed by atoms with van der Waals surface area (Å²) in [6.07, 6.45) is 2.23. The van der Waals surface area contributed by atoms with Crippen LogP contribution < -0.4 is 4.72 Å². The van der Waals surface area contributed by atoms with E-state index in [0.717, 1.165) is 15.0 Å². The van der Waals surface area contributed by atoms with E-state index in [1.54, 1.807) is 6.33 Å². The third kappa shape index (κ3) is 2.63. The second-order valence-corrected chi connectivity index (χ2v) is 6.45. The van der Waals surface area contributed by atoms with E-state index in [1.807, 2.05) is 9.78 Å². The second-order valence-electron chi connectivity index (χ2n) is 3.64. The van der Waals surface area contributed by atoms with Gasteiger partial charge in [-0.25, -0.2) is 4.72 Å². The van der Waals surface area contributed by atoms with Crippen LogP contribution in [0.1, 0.15) is 5.69 Å². The molecule has 0 aliphatic heterocycles. The molecule has 0 saturated heterocycles. The summed E-state index contributed by atoms with van der Waals surface area (Å²) >= 11 is 1.49. The van der Waals surface area contributed by atoms with Crippen molar-refractivity contribution in [1.82, 2.24) is 23.6 Å². The maximum Gasteiger partial charge on any atom is 0.278 e. The fourth-order valence-electron chi connectivity index (χ4n) is 1.30. The highest BCUT2D eigenvalue weighted by molar-refractivity contribution is 7.87. The van der Waals surface area contributed by atoms with Gasteiger partial charge >= 0.3 is 0 Å². The number of rotatable bonds is 5. The van der Waals surface area contributed by atoms with E-state index >= 15 is 0 Å². The minimum atomic E-state index is -3.35. The van der Waals surface area contributed by atoms with Crippen molar-refractivity contribution >= 4 is 26.5 Å². The highest BCUT2D eigenvalue weighted by Gasteiger charge is 2.12. The van der Waals surface area contributed by atoms with Crippen LogP contribution in [-0.2, 0) is 16.6 Å². The van der Waals surface area contributed by atoms with Crippen molar-refractivity contribution in [1.29, 1.82) is 0 Å². The molecule has 17 heavy (non-hydrogen) atoms. The number of thiazole rings is 1. The molecule has 0 aliphatic rings. The largest absolute Gasteiger partial charge is 0.278 e. The zero-order chi connectivity index (χ0) is 12.5. The van der Waals surface area contributed by atoms with Gasteiger partial charge in [0, 0.05) is 38.1 Å². The van der Waals surface area contributed by atoms with Crippen molar-refractivity contribution in [2.24, 2.45) is 0 Å². The third-order valence-corrected chi connectivity index (χ3v) is 4.68. The summed E-state index contributed by atoms with van der Waals surface area (Å²) in [5.41, 5.74) is 0.997. The number of hydrogen-bond acceptors (Lipinski definition) is 5. The standard InChI is InChI=1S/C8H13N5O2S2/c1-12(2)17(14,15)10-4-3-7-5-16-8-11-9-6-13(7)8/h5-6,10H,3-4H2,1-2H3. The molecule has 0 amide bonds. The van der Waals surface area contributed by atoms with Crippen LogP contribution in [0.5, 0.6) is 0 Å². The minimum absolute atomic E-state index is 0.352. The van der Waals surface area contributed by atoms with Crippen LogP contribution in [-0.4, -0.2) is 48.0 Å². The molecule has 2 aromatic heterocycles. The molecule has 0 fully saturated rings. The van der Waals surface area contributed by atoms with E-state index in [1.165, 1.54) is 25.4 Å². The predicted molar refractivity (Wildman–Crippen MR) is 65.2 cm³/mol. The lowest BCUT2D eigenvalue weighted by Gasteiger charge is -2.11. The summed E-state index contributed by atoms with van der Waals surface area (Å²) in [4.78, 5) is 0.815. The summed E-state index contributed by atoms with van der Waals surface area (Å²) in [6.45, 7) is 0.352. The molecule has 2 rings (SSSR count). The highest BCUT2D eigenvalue weighted by Crippen LogP contribution is 2.13. The van der Waals surface area contributed by atoms with Crippen LogP contribution in [0.15, 0.2) is 11.7 Å². The van der Waals surface area contributed by atoms with Crippen molar-refractivity contribution in [2.75, 3.05) is 20.6 Å². The summed E-state index contributed by atoms with van der Waals surface area (Å²) in [6, 6.07) is 0. The molecule has 0 radical (unpaired) electrons. The van der Waals surface area contributed by atoms with E-state index in [-0.39, 0.29) is 0 Å². The van der Waals surface area contributed by atoms with Crippen LogP contribution >= 0.6 is 11.3 Å². The Kier molecular flexibility index (Phi) is 3.43. The van der Waals surface area contributed by atoms with Crippen LogP contribution in [0.25, 0.3) is 4.96 Å². The zero-order valence-electron chi connectivity index (χ0n) is 9.49. The summed E-state index contributed by atoms with van der Waals surface area (Å²) < 4.78 is 28.4. The zero-order valence-corrected chi connectivity index (χ0v) is 11.1. The summed E-state index contributed by atoms with van der Waals surface area (Å²) in [5, 5.41) is 9.64. The molecule has 0 atom stereocenters. The Balaban J connectivity index is 1.98. The van der Waals surface area contributed by atoms with Gasteiger partial charge in [-0.2, -0.15) is 12.7 Å². The Morgan fingerprint density at radius 3 is 3.00 bits per heavy atom. The smallest absolute Gasteiger partial charge is 0.276 e. The number of hydrogen-bond donors (Lipinski definition) is 1. The number of fused-ring (bicyclic) bond motifs is 1. The van der Waals surface area contributed by atoms with Gasteiger partial charge in [-0.15, -0.1) is 21.5 Å². The van der Waals surface area contributed by atoms with Crippen molar-refractivity contribution in [2.45, 2.75) is 6.42 Å². The van der Waals surface area contributed by atoms with Crippen LogP contribution in [0.2, 0.25) is 0 Å². The predicted octanol–water partition coefficient (Wildman–Crippen LogP) is -0.271. The molecular weight excluding hydrogens is 262 g/mol. The Morgan fingerprint density at radius 2 is 2.29 bits per heavy atom. The summed E-state index contributed by atoms with van der Waals surface area (Å²) in [5.74, 6) is 0. The minimum Gasteiger partial charge on any atom is -0.276 e. The first kappa shape index (κ1) is 12.4. The van der Waals surface area contributed by atoms with Crippen molar-refractivity contribution in [3.8, 4) is 0 Å². The quantitative estimate of drug-likeness (QED) is 0.814. The van der Waals surface area contributed by atoms with Crippen LogP contribution in [0.3, 0.4) is 0 Å². The second kappa shape index (κ2) is 4.69.